The van der Waals surface area contributed by atoms with Crippen LogP contribution in [0.3, 0.4) is 0 Å². The molecule has 1 saturated heterocycles. The molecular formula is C16H19N3O2. The topological polar surface area (TPSA) is 58.4 Å². The maximum atomic E-state index is 12.5. The summed E-state index contributed by atoms with van der Waals surface area (Å²) in [4.78, 5) is 14.2. The van der Waals surface area contributed by atoms with Crippen molar-refractivity contribution >= 4 is 5.91 Å². The van der Waals surface area contributed by atoms with Crippen molar-refractivity contribution < 1.29 is 9.32 Å². The number of hydrogen-bond donors (Lipinski definition) is 1. The summed E-state index contributed by atoms with van der Waals surface area (Å²) < 4.78 is 5.24. The minimum absolute atomic E-state index is 0.100. The molecule has 1 aromatic carbocycles. The Bertz CT molecular complexity index is 603. The van der Waals surface area contributed by atoms with Gasteiger partial charge in [-0.1, -0.05) is 35.5 Å². The van der Waals surface area contributed by atoms with Crippen molar-refractivity contribution in [3.63, 3.8) is 0 Å². The zero-order chi connectivity index (χ0) is 14.7. The fourth-order valence-electron chi connectivity index (χ4n) is 2.65. The van der Waals surface area contributed by atoms with Gasteiger partial charge in [-0.15, -0.1) is 0 Å². The van der Waals surface area contributed by atoms with E-state index in [1.807, 2.05) is 37.4 Å². The Kier molecular flexibility index (Phi) is 4.01. The second kappa shape index (κ2) is 6.10. The highest BCUT2D eigenvalue weighted by molar-refractivity contribution is 5.92. The lowest BCUT2D eigenvalue weighted by Crippen LogP contribution is -2.43. The third kappa shape index (κ3) is 2.97. The van der Waals surface area contributed by atoms with Gasteiger partial charge in [0.2, 0.25) is 5.76 Å². The molecule has 3 rings (SSSR count). The lowest BCUT2D eigenvalue weighted by molar-refractivity contribution is 0.0661. The standard InChI is InChI=1S/C16H19N3O2/c1-19(13-7-9-17-10-8-13)16(20)15-11-14(18-21-15)12-5-3-2-4-6-12/h2-6,11,13,17H,7-10H2,1H3. The Hall–Kier alpha value is -2.14. The molecule has 0 unspecified atom stereocenters. The zero-order valence-corrected chi connectivity index (χ0v) is 12.1. The Morgan fingerprint density at radius 3 is 2.71 bits per heavy atom. The normalized spacial score (nSPS) is 15.9. The van der Waals surface area contributed by atoms with E-state index in [-0.39, 0.29) is 11.9 Å². The Morgan fingerprint density at radius 1 is 1.29 bits per heavy atom. The SMILES string of the molecule is CN(C(=O)c1cc(-c2ccccc2)no1)C1CCNCC1. The average molecular weight is 285 g/mol. The van der Waals surface area contributed by atoms with Gasteiger partial charge in [-0.3, -0.25) is 4.79 Å². The molecule has 0 saturated carbocycles. The fraction of sp³-hybridized carbons (Fsp3) is 0.375. The van der Waals surface area contributed by atoms with Crippen LogP contribution in [0.15, 0.2) is 40.9 Å². The molecule has 110 valence electrons. The van der Waals surface area contributed by atoms with Crippen LogP contribution >= 0.6 is 0 Å². The number of carbonyl (C=O) groups excluding carboxylic acids is 1. The maximum Gasteiger partial charge on any atom is 0.292 e. The molecule has 5 nitrogen and oxygen atoms in total. The predicted molar refractivity (Wildman–Crippen MR) is 79.9 cm³/mol. The van der Waals surface area contributed by atoms with E-state index in [0.717, 1.165) is 31.5 Å². The average Bonchev–Trinajstić information content (AvgIpc) is 3.05. The number of nitrogens with zero attached hydrogens (tertiary/aromatic N) is 2. The first-order valence-electron chi connectivity index (χ1n) is 7.26. The molecule has 0 atom stereocenters. The van der Waals surface area contributed by atoms with Crippen molar-refractivity contribution in [2.45, 2.75) is 18.9 Å². The Labute approximate surface area is 123 Å². The number of amides is 1. The van der Waals surface area contributed by atoms with Gasteiger partial charge in [0, 0.05) is 24.7 Å². The largest absolute Gasteiger partial charge is 0.350 e. The molecule has 1 fully saturated rings. The number of aromatic nitrogens is 1. The summed E-state index contributed by atoms with van der Waals surface area (Å²) in [6, 6.07) is 11.7. The number of piperidine rings is 1. The number of nitrogens with one attached hydrogen (secondary N) is 1. The molecule has 1 aromatic heterocycles. The van der Waals surface area contributed by atoms with Crippen molar-refractivity contribution in [1.82, 2.24) is 15.4 Å². The van der Waals surface area contributed by atoms with Crippen molar-refractivity contribution in [3.8, 4) is 11.3 Å². The van der Waals surface area contributed by atoms with Crippen molar-refractivity contribution in [1.29, 1.82) is 0 Å². The van der Waals surface area contributed by atoms with E-state index in [1.54, 1.807) is 11.0 Å². The van der Waals surface area contributed by atoms with Crippen LogP contribution in [0.5, 0.6) is 0 Å². The van der Waals surface area contributed by atoms with Gasteiger partial charge >= 0.3 is 0 Å². The molecule has 2 heterocycles. The number of carbonyl (C=O) groups is 1. The third-order valence-electron chi connectivity index (χ3n) is 3.97. The van der Waals surface area contributed by atoms with E-state index in [0.29, 0.717) is 11.5 Å². The van der Waals surface area contributed by atoms with Gasteiger partial charge < -0.3 is 14.7 Å². The third-order valence-corrected chi connectivity index (χ3v) is 3.97. The second-order valence-electron chi connectivity index (χ2n) is 5.34. The van der Waals surface area contributed by atoms with Gasteiger partial charge in [-0.05, 0) is 25.9 Å². The van der Waals surface area contributed by atoms with Gasteiger partial charge in [0.25, 0.3) is 5.91 Å². The van der Waals surface area contributed by atoms with Crippen molar-refractivity contribution in [3.05, 3.63) is 42.2 Å². The van der Waals surface area contributed by atoms with Crippen LogP contribution < -0.4 is 5.32 Å². The van der Waals surface area contributed by atoms with Crippen LogP contribution in [0.2, 0.25) is 0 Å². The quantitative estimate of drug-likeness (QED) is 0.939. The molecule has 0 bridgehead atoms. The molecule has 0 radical (unpaired) electrons. The van der Waals surface area contributed by atoms with Crippen LogP contribution in [0.1, 0.15) is 23.4 Å². The molecule has 1 aliphatic heterocycles. The van der Waals surface area contributed by atoms with Crippen LogP contribution in [0.25, 0.3) is 11.3 Å². The molecule has 1 aliphatic rings. The summed E-state index contributed by atoms with van der Waals surface area (Å²) >= 11 is 0. The summed E-state index contributed by atoms with van der Waals surface area (Å²) in [5, 5.41) is 7.30. The lowest BCUT2D eigenvalue weighted by atomic mass is 10.1. The van der Waals surface area contributed by atoms with Crippen LogP contribution in [0.4, 0.5) is 0 Å². The zero-order valence-electron chi connectivity index (χ0n) is 12.1. The van der Waals surface area contributed by atoms with Crippen LogP contribution in [-0.4, -0.2) is 42.1 Å². The molecule has 2 aromatic rings. The summed E-state index contributed by atoms with van der Waals surface area (Å²) in [6.45, 7) is 1.90. The van der Waals surface area contributed by atoms with E-state index < -0.39 is 0 Å². The molecule has 21 heavy (non-hydrogen) atoms. The van der Waals surface area contributed by atoms with Crippen molar-refractivity contribution in [2.24, 2.45) is 0 Å². The fourth-order valence-corrected chi connectivity index (χ4v) is 2.65. The Morgan fingerprint density at radius 2 is 2.00 bits per heavy atom. The molecule has 1 N–H and O–H groups in total. The van der Waals surface area contributed by atoms with Crippen molar-refractivity contribution in [2.75, 3.05) is 20.1 Å². The predicted octanol–water partition coefficient (Wildman–Crippen LogP) is 2.17. The monoisotopic (exact) mass is 285 g/mol. The number of hydrogen-bond acceptors (Lipinski definition) is 4. The smallest absolute Gasteiger partial charge is 0.292 e. The van der Waals surface area contributed by atoms with E-state index in [4.69, 9.17) is 4.52 Å². The minimum Gasteiger partial charge on any atom is -0.350 e. The first-order chi connectivity index (χ1) is 10.3. The number of benzene rings is 1. The lowest BCUT2D eigenvalue weighted by Gasteiger charge is -2.30. The molecular weight excluding hydrogens is 266 g/mol. The van der Waals surface area contributed by atoms with E-state index in [2.05, 4.69) is 10.5 Å². The van der Waals surface area contributed by atoms with Gasteiger partial charge in [0.15, 0.2) is 0 Å². The minimum atomic E-state index is -0.100. The summed E-state index contributed by atoms with van der Waals surface area (Å²) in [5.74, 6) is 0.200. The van der Waals surface area contributed by atoms with E-state index in [1.165, 1.54) is 0 Å². The van der Waals surface area contributed by atoms with Gasteiger partial charge in [-0.25, -0.2) is 0 Å². The maximum absolute atomic E-state index is 12.5. The molecule has 1 amide bonds. The molecule has 5 heteroatoms. The highest BCUT2D eigenvalue weighted by Gasteiger charge is 2.25. The van der Waals surface area contributed by atoms with Gasteiger partial charge in [0.1, 0.15) is 5.69 Å². The Balaban J connectivity index is 1.74. The van der Waals surface area contributed by atoms with E-state index in [9.17, 15) is 4.79 Å². The summed E-state index contributed by atoms with van der Waals surface area (Å²) in [7, 11) is 1.84. The first kappa shape index (κ1) is 13.8. The van der Waals surface area contributed by atoms with Crippen LogP contribution in [-0.2, 0) is 0 Å². The van der Waals surface area contributed by atoms with Gasteiger partial charge in [-0.2, -0.15) is 0 Å². The summed E-state index contributed by atoms with van der Waals surface area (Å²) in [6.07, 6.45) is 1.95. The van der Waals surface area contributed by atoms with Crippen LogP contribution in [0, 0.1) is 0 Å². The first-order valence-corrected chi connectivity index (χ1v) is 7.26. The highest BCUT2D eigenvalue weighted by Crippen LogP contribution is 2.20. The van der Waals surface area contributed by atoms with Gasteiger partial charge in [0.05, 0.1) is 0 Å². The number of rotatable bonds is 3. The molecule has 0 spiro atoms. The summed E-state index contributed by atoms with van der Waals surface area (Å²) in [5.41, 5.74) is 1.64. The highest BCUT2D eigenvalue weighted by atomic mass is 16.5. The van der Waals surface area contributed by atoms with E-state index >= 15 is 0 Å². The second-order valence-corrected chi connectivity index (χ2v) is 5.34. The molecule has 0 aliphatic carbocycles.